The van der Waals surface area contributed by atoms with Crippen molar-refractivity contribution in [2.75, 3.05) is 31.9 Å². The molecule has 6 amide bonds. The molecule has 24 heteroatoms. The highest BCUT2D eigenvalue weighted by Crippen LogP contribution is 2.39. The Morgan fingerprint density at radius 1 is 0.345 bits per heavy atom. The molecule has 438 valence electrons. The van der Waals surface area contributed by atoms with Crippen LogP contribution in [0.2, 0.25) is 0 Å². The summed E-state index contributed by atoms with van der Waals surface area (Å²) in [5, 5.41) is 20.4. The number of thiocarbonyl (C=S) groups is 1. The molecule has 0 saturated carbocycles. The average molecular weight is 1190 g/mol. The van der Waals surface area contributed by atoms with Gasteiger partial charge in [-0.2, -0.15) is 52.7 Å². The second-order valence-electron chi connectivity index (χ2n) is 17.5. The molecule has 8 N–H and O–H groups in total. The largest absolute Gasteiger partial charge is 0.416 e. The molecule has 0 aromatic heterocycles. The van der Waals surface area contributed by atoms with Crippen molar-refractivity contribution in [2.45, 2.75) is 37.8 Å². The summed E-state index contributed by atoms with van der Waals surface area (Å²) in [7, 11) is 0. The van der Waals surface area contributed by atoms with Gasteiger partial charge in [-0.15, -0.1) is 0 Å². The van der Waals surface area contributed by atoms with Crippen LogP contribution in [-0.2, 0) is 37.8 Å². The molecular weight excluding hydrogens is 1140 g/mol. The lowest BCUT2D eigenvalue weighted by molar-refractivity contribution is -0.144. The van der Waals surface area contributed by atoms with Gasteiger partial charge < -0.3 is 42.5 Å². The fourth-order valence-corrected chi connectivity index (χ4v) is 7.25. The van der Waals surface area contributed by atoms with Crippen LogP contribution in [0.5, 0.6) is 0 Å². The molecule has 11 nitrogen and oxygen atoms in total. The number of rotatable bonds is 14. The molecule has 84 heavy (non-hydrogen) atoms. The third-order valence-corrected chi connectivity index (χ3v) is 11.4. The number of alkyl halides is 12. The number of carbonyl (C=O) groups is 3. The van der Waals surface area contributed by atoms with E-state index in [1.165, 1.54) is 12.1 Å². The molecule has 7 rings (SSSR count). The molecule has 0 aliphatic heterocycles. The van der Waals surface area contributed by atoms with Crippen LogP contribution in [0, 0.1) is 0 Å². The Bertz CT molecular complexity index is 3150. The van der Waals surface area contributed by atoms with Gasteiger partial charge in [0.1, 0.15) is 0 Å². The van der Waals surface area contributed by atoms with Crippen molar-refractivity contribution in [2.24, 2.45) is 0 Å². The van der Waals surface area contributed by atoms with Crippen LogP contribution < -0.4 is 42.5 Å². The molecule has 0 aliphatic carbocycles. The van der Waals surface area contributed by atoms with Crippen molar-refractivity contribution in [3.8, 4) is 0 Å². The van der Waals surface area contributed by atoms with E-state index in [-0.39, 0.29) is 29.3 Å². The summed E-state index contributed by atoms with van der Waals surface area (Å²) in [5.41, 5.74) is 0.729. The summed E-state index contributed by atoms with van der Waals surface area (Å²) in [6.45, 7) is 15.3. The average Bonchev–Trinajstić information content (AvgIpc) is 2.55. The van der Waals surface area contributed by atoms with Crippen LogP contribution in [0.15, 0.2) is 184 Å². The third kappa shape index (κ3) is 21.6. The van der Waals surface area contributed by atoms with E-state index >= 15 is 0 Å². The van der Waals surface area contributed by atoms with Gasteiger partial charge in [0.2, 0.25) is 0 Å². The number of anilines is 6. The fourth-order valence-electron chi connectivity index (χ4n) is 7.02. The minimum Gasteiger partial charge on any atom is -0.334 e. The molecule has 0 heterocycles. The van der Waals surface area contributed by atoms with E-state index in [9.17, 15) is 67.1 Å². The van der Waals surface area contributed by atoms with Gasteiger partial charge in [-0.1, -0.05) is 123 Å². The molecular formula is C60H50F12N8O3S. The highest BCUT2D eigenvalue weighted by Gasteiger charge is 2.38. The number of urea groups is 3. The first kappa shape index (κ1) is 65.0. The molecule has 0 saturated heterocycles. The minimum atomic E-state index is -4.99. The Morgan fingerprint density at radius 2 is 0.595 bits per heavy atom. The standard InChI is InChI=1S/C26H26N4O2.C17H12F6N2O.C17H12F6N2S/c1-3-19-8-12-23(13-9-19)29-25(31)27-17-21-6-5-7-22(16-21)18-28-26(32)30-24-14-10-20(4-2)11-15-24;2*1-2-10-3-5-13(6-4-10)24-15(26)25-14-8-11(16(18,19)20)7-12(9-14)17(21,22)23/h3-16H,1-2,17-18H2,(H2,27,29,31)(H2,28,30,32);2*2-9H,1H2,(H2,24,25,26). The Morgan fingerprint density at radius 3 is 0.881 bits per heavy atom. The van der Waals surface area contributed by atoms with E-state index in [2.05, 4.69) is 63.5 Å². The van der Waals surface area contributed by atoms with Crippen molar-refractivity contribution < 1.29 is 67.1 Å². The van der Waals surface area contributed by atoms with Crippen LogP contribution in [0.4, 0.5) is 101 Å². The maximum absolute atomic E-state index is 12.8. The number of carbonyl (C=O) groups excluding carboxylic acids is 3. The van der Waals surface area contributed by atoms with Crippen molar-refractivity contribution in [1.29, 1.82) is 0 Å². The molecule has 0 unspecified atom stereocenters. The number of hydrogen-bond donors (Lipinski definition) is 8. The highest BCUT2D eigenvalue weighted by molar-refractivity contribution is 7.80. The first-order chi connectivity index (χ1) is 39.5. The topological polar surface area (TPSA) is 147 Å². The lowest BCUT2D eigenvalue weighted by Crippen LogP contribution is -2.29. The zero-order valence-corrected chi connectivity index (χ0v) is 44.5. The molecule has 0 aliphatic rings. The lowest BCUT2D eigenvalue weighted by Gasteiger charge is -2.16. The monoisotopic (exact) mass is 1190 g/mol. The van der Waals surface area contributed by atoms with E-state index in [1.807, 2.05) is 78.1 Å². The molecule has 7 aromatic rings. The van der Waals surface area contributed by atoms with Gasteiger partial charge in [-0.3, -0.25) is 0 Å². The number of halogens is 12. The molecule has 0 radical (unpaired) electrons. The van der Waals surface area contributed by atoms with Crippen molar-refractivity contribution in [3.05, 3.63) is 240 Å². The third-order valence-electron chi connectivity index (χ3n) is 11.2. The summed E-state index contributed by atoms with van der Waals surface area (Å²) in [6.07, 6.45) is -13.2. The normalized spacial score (nSPS) is 11.1. The smallest absolute Gasteiger partial charge is 0.334 e. The van der Waals surface area contributed by atoms with Gasteiger partial charge in [0.15, 0.2) is 5.11 Å². The molecule has 0 fully saturated rings. The summed E-state index contributed by atoms with van der Waals surface area (Å²) in [5.74, 6) is 0. The van der Waals surface area contributed by atoms with Crippen molar-refractivity contribution in [1.82, 2.24) is 10.6 Å². The number of benzene rings is 7. The van der Waals surface area contributed by atoms with Gasteiger partial charge in [0.05, 0.1) is 22.3 Å². The van der Waals surface area contributed by atoms with Crippen molar-refractivity contribution in [3.63, 3.8) is 0 Å². The van der Waals surface area contributed by atoms with Crippen LogP contribution in [0.1, 0.15) is 55.6 Å². The second kappa shape index (κ2) is 29.2. The van der Waals surface area contributed by atoms with Gasteiger partial charge in [0.25, 0.3) is 0 Å². The van der Waals surface area contributed by atoms with Crippen LogP contribution in [0.3, 0.4) is 0 Å². The Labute approximate surface area is 479 Å². The quantitative estimate of drug-likeness (QED) is 0.0402. The zero-order chi connectivity index (χ0) is 61.8. The van der Waals surface area contributed by atoms with Gasteiger partial charge in [-0.25, -0.2) is 14.4 Å². The first-order valence-corrected chi connectivity index (χ1v) is 24.8. The predicted octanol–water partition coefficient (Wildman–Crippen LogP) is 17.8. The predicted molar refractivity (Wildman–Crippen MR) is 310 cm³/mol. The number of nitrogens with one attached hydrogen (secondary N) is 8. The van der Waals surface area contributed by atoms with E-state index in [0.717, 1.165) is 33.4 Å². The Hall–Kier alpha value is -9.84. The fraction of sp³-hybridized carbons (Fsp3) is 0.100. The van der Waals surface area contributed by atoms with Gasteiger partial charge in [-0.05, 0) is 131 Å². The summed E-state index contributed by atoms with van der Waals surface area (Å²) >= 11 is 4.95. The molecule has 0 bridgehead atoms. The van der Waals surface area contributed by atoms with E-state index in [4.69, 9.17) is 12.2 Å². The zero-order valence-electron chi connectivity index (χ0n) is 43.7. The van der Waals surface area contributed by atoms with Gasteiger partial charge >= 0.3 is 42.8 Å². The second-order valence-corrected chi connectivity index (χ2v) is 17.9. The minimum absolute atomic E-state index is 0.0168. The first-order valence-electron chi connectivity index (χ1n) is 24.4. The van der Waals surface area contributed by atoms with E-state index in [0.29, 0.717) is 60.1 Å². The Balaban J connectivity index is 0.000000232. The number of amides is 6. The SMILES string of the molecule is C=Cc1ccc(NC(=O)NCc2cccc(CNC(=O)Nc3ccc(C=C)cc3)c2)cc1.C=Cc1ccc(NC(=O)Nc2cc(C(F)(F)F)cc(C(F)(F)F)c2)cc1.C=Cc1ccc(NC(=S)Nc2cc(C(F)(F)F)cc(C(F)(F)F)c2)cc1. The van der Waals surface area contributed by atoms with Gasteiger partial charge in [0, 0.05) is 47.2 Å². The maximum Gasteiger partial charge on any atom is 0.416 e. The summed E-state index contributed by atoms with van der Waals surface area (Å²) in [4.78, 5) is 36.1. The van der Waals surface area contributed by atoms with E-state index in [1.54, 1.807) is 60.7 Å². The van der Waals surface area contributed by atoms with Crippen LogP contribution in [-0.4, -0.2) is 23.2 Å². The molecule has 7 aromatic carbocycles. The number of hydrogen-bond acceptors (Lipinski definition) is 4. The summed E-state index contributed by atoms with van der Waals surface area (Å²) in [6, 6.07) is 35.9. The molecule has 0 atom stereocenters. The Kier molecular flexibility index (Phi) is 22.6. The van der Waals surface area contributed by atoms with Crippen LogP contribution >= 0.6 is 12.2 Å². The highest BCUT2D eigenvalue weighted by atomic mass is 32.1. The van der Waals surface area contributed by atoms with Crippen LogP contribution in [0.25, 0.3) is 24.3 Å². The lowest BCUT2D eigenvalue weighted by atomic mass is 10.1. The molecule has 0 spiro atoms. The summed E-state index contributed by atoms with van der Waals surface area (Å²) < 4.78 is 154. The maximum atomic E-state index is 12.8. The van der Waals surface area contributed by atoms with E-state index < -0.39 is 64.4 Å². The van der Waals surface area contributed by atoms with Crippen molar-refractivity contribution >= 4 is 93.9 Å².